The van der Waals surface area contributed by atoms with Crippen LogP contribution in [0.3, 0.4) is 0 Å². The summed E-state index contributed by atoms with van der Waals surface area (Å²) >= 11 is 1.36. The Hall–Kier alpha value is -2.93. The Morgan fingerprint density at radius 2 is 1.69 bits per heavy atom. The van der Waals surface area contributed by atoms with Crippen molar-refractivity contribution in [2.45, 2.75) is 38.1 Å². The highest BCUT2D eigenvalue weighted by molar-refractivity contribution is 8.00. The second-order valence-corrected chi connectivity index (χ2v) is 9.03. The summed E-state index contributed by atoms with van der Waals surface area (Å²) in [4.78, 5) is 24.9. The zero-order valence-corrected chi connectivity index (χ0v) is 17.7. The first-order valence-electron chi connectivity index (χ1n) is 9.33. The molecule has 1 heterocycles. The SMILES string of the molecule is CC(Sc1nncn1-c1ccccc1)C(=O)c1ccc(NC(=O)C(C)(C)C)cc1. The van der Waals surface area contributed by atoms with Gasteiger partial charge in [0.15, 0.2) is 10.9 Å². The maximum Gasteiger partial charge on any atom is 0.229 e. The molecule has 1 unspecified atom stereocenters. The number of benzene rings is 2. The third-order valence-corrected chi connectivity index (χ3v) is 5.37. The molecule has 0 bridgehead atoms. The van der Waals surface area contributed by atoms with Crippen LogP contribution in [-0.4, -0.2) is 31.7 Å². The Morgan fingerprint density at radius 3 is 2.31 bits per heavy atom. The Labute approximate surface area is 174 Å². The van der Waals surface area contributed by atoms with Crippen molar-refractivity contribution in [1.82, 2.24) is 14.8 Å². The molecule has 3 rings (SSSR count). The van der Waals surface area contributed by atoms with Gasteiger partial charge >= 0.3 is 0 Å². The van der Waals surface area contributed by atoms with Crippen LogP contribution in [0, 0.1) is 5.41 Å². The van der Waals surface area contributed by atoms with Crippen LogP contribution in [0.15, 0.2) is 66.1 Å². The molecule has 0 radical (unpaired) electrons. The number of carbonyl (C=O) groups excluding carboxylic acids is 2. The van der Waals surface area contributed by atoms with E-state index in [1.807, 2.05) is 62.6 Å². The van der Waals surface area contributed by atoms with Crippen LogP contribution in [0.5, 0.6) is 0 Å². The molecule has 1 aromatic heterocycles. The van der Waals surface area contributed by atoms with E-state index in [0.717, 1.165) is 5.69 Å². The molecule has 1 N–H and O–H groups in total. The average Bonchev–Trinajstić information content (AvgIpc) is 3.16. The highest BCUT2D eigenvalue weighted by Gasteiger charge is 2.22. The normalized spacial score (nSPS) is 12.4. The van der Waals surface area contributed by atoms with Crippen molar-refractivity contribution in [3.05, 3.63) is 66.5 Å². The van der Waals surface area contributed by atoms with E-state index in [2.05, 4.69) is 15.5 Å². The maximum atomic E-state index is 12.8. The first-order chi connectivity index (χ1) is 13.8. The van der Waals surface area contributed by atoms with Gasteiger partial charge in [0.25, 0.3) is 0 Å². The van der Waals surface area contributed by atoms with Gasteiger partial charge in [-0.1, -0.05) is 50.7 Å². The van der Waals surface area contributed by atoms with Crippen LogP contribution in [-0.2, 0) is 4.79 Å². The van der Waals surface area contributed by atoms with E-state index in [-0.39, 0.29) is 16.9 Å². The molecule has 0 aliphatic heterocycles. The number of rotatable bonds is 6. The first kappa shape index (κ1) is 20.8. The predicted molar refractivity (Wildman–Crippen MR) is 116 cm³/mol. The van der Waals surface area contributed by atoms with E-state index in [0.29, 0.717) is 16.4 Å². The number of carbonyl (C=O) groups is 2. The summed E-state index contributed by atoms with van der Waals surface area (Å²) in [6.07, 6.45) is 1.64. The van der Waals surface area contributed by atoms with Crippen molar-refractivity contribution < 1.29 is 9.59 Å². The average molecular weight is 409 g/mol. The van der Waals surface area contributed by atoms with Crippen LogP contribution < -0.4 is 5.32 Å². The molecular weight excluding hydrogens is 384 g/mol. The first-order valence-corrected chi connectivity index (χ1v) is 10.2. The Kier molecular flexibility index (Phi) is 6.17. The van der Waals surface area contributed by atoms with Crippen molar-refractivity contribution in [2.24, 2.45) is 5.41 Å². The monoisotopic (exact) mass is 408 g/mol. The quantitative estimate of drug-likeness (QED) is 0.476. The van der Waals surface area contributed by atoms with Crippen molar-refractivity contribution >= 4 is 29.1 Å². The standard InChI is InChI=1S/C22H24N4O2S/c1-15(29-21-25-23-14-26(21)18-8-6-5-7-9-18)19(27)16-10-12-17(13-11-16)24-20(28)22(2,3)4/h5-15H,1-4H3,(H,24,28). The maximum absolute atomic E-state index is 12.8. The fourth-order valence-corrected chi connectivity index (χ4v) is 3.47. The van der Waals surface area contributed by atoms with Crippen LogP contribution in [0.1, 0.15) is 38.1 Å². The number of hydrogen-bond acceptors (Lipinski definition) is 5. The van der Waals surface area contributed by atoms with Gasteiger partial charge in [-0.2, -0.15) is 0 Å². The van der Waals surface area contributed by atoms with Crippen LogP contribution in [0.4, 0.5) is 5.69 Å². The summed E-state index contributed by atoms with van der Waals surface area (Å²) in [7, 11) is 0. The Balaban J connectivity index is 1.68. The van der Waals surface area contributed by atoms with Crippen molar-refractivity contribution in [3.63, 3.8) is 0 Å². The number of hydrogen-bond donors (Lipinski definition) is 1. The molecule has 150 valence electrons. The third-order valence-electron chi connectivity index (χ3n) is 4.31. The predicted octanol–water partition coefficient (Wildman–Crippen LogP) is 4.62. The number of anilines is 1. The number of nitrogens with zero attached hydrogens (tertiary/aromatic N) is 3. The van der Waals surface area contributed by atoms with Gasteiger partial charge < -0.3 is 5.32 Å². The summed E-state index contributed by atoms with van der Waals surface area (Å²) in [6, 6.07) is 16.7. The van der Waals surface area contributed by atoms with E-state index in [4.69, 9.17) is 0 Å². The molecule has 7 heteroatoms. The van der Waals surface area contributed by atoms with Crippen LogP contribution in [0.2, 0.25) is 0 Å². The van der Waals surface area contributed by atoms with E-state index in [1.165, 1.54) is 11.8 Å². The topological polar surface area (TPSA) is 76.9 Å². The lowest BCUT2D eigenvalue weighted by molar-refractivity contribution is -0.123. The molecule has 6 nitrogen and oxygen atoms in total. The van der Waals surface area contributed by atoms with Gasteiger partial charge in [-0.25, -0.2) is 0 Å². The van der Waals surface area contributed by atoms with E-state index in [1.54, 1.807) is 30.6 Å². The minimum absolute atomic E-state index is 0.00805. The fraction of sp³-hybridized carbons (Fsp3) is 0.273. The number of aromatic nitrogens is 3. The van der Waals surface area contributed by atoms with Crippen molar-refractivity contribution in [1.29, 1.82) is 0 Å². The molecule has 1 atom stereocenters. The van der Waals surface area contributed by atoms with Gasteiger partial charge in [-0.15, -0.1) is 10.2 Å². The Morgan fingerprint density at radius 1 is 1.03 bits per heavy atom. The van der Waals surface area contributed by atoms with Gasteiger partial charge in [0.2, 0.25) is 5.91 Å². The van der Waals surface area contributed by atoms with Crippen molar-refractivity contribution in [3.8, 4) is 5.69 Å². The van der Waals surface area contributed by atoms with Gasteiger partial charge in [-0.3, -0.25) is 14.2 Å². The summed E-state index contributed by atoms with van der Waals surface area (Å²) in [5.41, 5.74) is 1.72. The summed E-state index contributed by atoms with van der Waals surface area (Å²) in [5, 5.41) is 11.3. The van der Waals surface area contributed by atoms with Gasteiger partial charge in [0, 0.05) is 22.4 Å². The lowest BCUT2D eigenvalue weighted by atomic mass is 9.95. The molecule has 0 saturated heterocycles. The van der Waals surface area contributed by atoms with Crippen LogP contribution >= 0.6 is 11.8 Å². The molecule has 0 aliphatic rings. The number of Topliss-reactive ketones (excluding diaryl/α,β-unsaturated/α-hetero) is 1. The lowest BCUT2D eigenvalue weighted by Crippen LogP contribution is -2.27. The lowest BCUT2D eigenvalue weighted by Gasteiger charge is -2.18. The number of para-hydroxylation sites is 1. The minimum atomic E-state index is -0.478. The summed E-state index contributed by atoms with van der Waals surface area (Å²) < 4.78 is 1.86. The summed E-state index contributed by atoms with van der Waals surface area (Å²) in [6.45, 7) is 7.42. The Bertz CT molecular complexity index is 992. The fourth-order valence-electron chi connectivity index (χ4n) is 2.55. The largest absolute Gasteiger partial charge is 0.326 e. The minimum Gasteiger partial charge on any atom is -0.326 e. The molecular formula is C22H24N4O2S. The second-order valence-electron chi connectivity index (χ2n) is 7.72. The molecule has 1 amide bonds. The van der Waals surface area contributed by atoms with E-state index < -0.39 is 5.41 Å². The molecule has 0 aliphatic carbocycles. The number of ketones is 1. The number of amides is 1. The van der Waals surface area contributed by atoms with Gasteiger partial charge in [-0.05, 0) is 43.3 Å². The molecule has 0 saturated carbocycles. The van der Waals surface area contributed by atoms with Gasteiger partial charge in [0.05, 0.1) is 5.25 Å². The molecule has 29 heavy (non-hydrogen) atoms. The third kappa shape index (κ3) is 5.12. The molecule has 0 spiro atoms. The van der Waals surface area contributed by atoms with Crippen molar-refractivity contribution in [2.75, 3.05) is 5.32 Å². The zero-order valence-electron chi connectivity index (χ0n) is 16.9. The number of thioether (sulfide) groups is 1. The van der Waals surface area contributed by atoms with E-state index in [9.17, 15) is 9.59 Å². The van der Waals surface area contributed by atoms with Gasteiger partial charge in [0.1, 0.15) is 6.33 Å². The van der Waals surface area contributed by atoms with Crippen LogP contribution in [0.25, 0.3) is 5.69 Å². The molecule has 0 fully saturated rings. The number of nitrogens with one attached hydrogen (secondary N) is 1. The zero-order chi connectivity index (χ0) is 21.0. The highest BCUT2D eigenvalue weighted by Crippen LogP contribution is 2.26. The highest BCUT2D eigenvalue weighted by atomic mass is 32.2. The summed E-state index contributed by atoms with van der Waals surface area (Å²) in [5.74, 6) is -0.0768. The van der Waals surface area contributed by atoms with E-state index >= 15 is 0 Å². The smallest absolute Gasteiger partial charge is 0.229 e. The molecule has 3 aromatic rings. The second kappa shape index (κ2) is 8.61. The molecule has 2 aromatic carbocycles.